The molecular weight excluding hydrogens is 254 g/mol. The maximum Gasteiger partial charge on any atom is 0.275 e. The largest absolute Gasteiger partial charge is 0.384 e. The summed E-state index contributed by atoms with van der Waals surface area (Å²) in [6.07, 6.45) is 1.66. The number of nitrogen functional groups attached to an aromatic ring is 1. The molecule has 20 heavy (non-hydrogen) atoms. The maximum absolute atomic E-state index is 12.3. The van der Waals surface area contributed by atoms with Crippen molar-refractivity contribution in [2.45, 2.75) is 13.5 Å². The summed E-state index contributed by atoms with van der Waals surface area (Å²) in [5.74, 6) is 0.869. The van der Waals surface area contributed by atoms with E-state index in [0.29, 0.717) is 17.0 Å². The van der Waals surface area contributed by atoms with Crippen molar-refractivity contribution in [3.8, 4) is 0 Å². The fourth-order valence-electron chi connectivity index (χ4n) is 2.10. The van der Waals surface area contributed by atoms with E-state index in [-0.39, 0.29) is 12.1 Å². The highest BCUT2D eigenvalue weighted by molar-refractivity contribution is 5.80. The summed E-state index contributed by atoms with van der Waals surface area (Å²) in [6.45, 7) is 2.04. The van der Waals surface area contributed by atoms with E-state index in [9.17, 15) is 4.79 Å². The summed E-state index contributed by atoms with van der Waals surface area (Å²) < 4.78 is 1.34. The van der Waals surface area contributed by atoms with Gasteiger partial charge in [0.1, 0.15) is 12.4 Å². The van der Waals surface area contributed by atoms with Crippen LogP contribution in [-0.4, -0.2) is 19.7 Å². The minimum absolute atomic E-state index is 0.160. The van der Waals surface area contributed by atoms with Gasteiger partial charge in [0.05, 0.1) is 11.6 Å². The van der Waals surface area contributed by atoms with Gasteiger partial charge in [0.15, 0.2) is 5.82 Å². The molecule has 0 bridgehead atoms. The molecule has 0 spiro atoms. The van der Waals surface area contributed by atoms with Gasteiger partial charge in [-0.3, -0.25) is 4.79 Å². The summed E-state index contributed by atoms with van der Waals surface area (Å²) in [7, 11) is 0. The van der Waals surface area contributed by atoms with E-state index in [0.717, 1.165) is 11.1 Å². The Morgan fingerprint density at radius 1 is 1.25 bits per heavy atom. The van der Waals surface area contributed by atoms with E-state index in [1.54, 1.807) is 18.3 Å². The van der Waals surface area contributed by atoms with Crippen molar-refractivity contribution in [3.05, 3.63) is 58.4 Å². The van der Waals surface area contributed by atoms with Gasteiger partial charge in [-0.25, -0.2) is 14.6 Å². The van der Waals surface area contributed by atoms with Crippen LogP contribution < -0.4 is 11.3 Å². The van der Waals surface area contributed by atoms with Gasteiger partial charge in [-0.2, -0.15) is 5.10 Å². The summed E-state index contributed by atoms with van der Waals surface area (Å²) >= 11 is 0. The smallest absolute Gasteiger partial charge is 0.275 e. The molecule has 0 unspecified atom stereocenters. The van der Waals surface area contributed by atoms with Gasteiger partial charge in [-0.1, -0.05) is 18.2 Å². The first-order chi connectivity index (χ1) is 9.63. The molecule has 0 aliphatic rings. The summed E-state index contributed by atoms with van der Waals surface area (Å²) in [5, 5.41) is 5.59. The average molecular weight is 267 g/mol. The Hall–Kier alpha value is -2.76. The van der Waals surface area contributed by atoms with Gasteiger partial charge in [0.25, 0.3) is 5.56 Å². The van der Waals surface area contributed by atoms with E-state index in [2.05, 4.69) is 15.1 Å². The number of benzene rings is 1. The number of aryl methyl sites for hydroxylation is 1. The second-order valence-corrected chi connectivity index (χ2v) is 4.55. The normalized spacial score (nSPS) is 10.8. The van der Waals surface area contributed by atoms with Gasteiger partial charge in [0.2, 0.25) is 0 Å². The molecule has 100 valence electrons. The predicted octanol–water partition coefficient (Wildman–Crippen LogP) is 1.13. The number of anilines is 1. The lowest BCUT2D eigenvalue weighted by Crippen LogP contribution is -2.24. The highest BCUT2D eigenvalue weighted by atomic mass is 16.1. The first kappa shape index (κ1) is 12.3. The van der Waals surface area contributed by atoms with Crippen molar-refractivity contribution in [1.29, 1.82) is 0 Å². The highest BCUT2D eigenvalue weighted by Crippen LogP contribution is 2.07. The molecule has 0 aliphatic carbocycles. The third kappa shape index (κ3) is 2.23. The molecule has 2 aromatic heterocycles. The van der Waals surface area contributed by atoms with E-state index < -0.39 is 0 Å². The van der Waals surface area contributed by atoms with E-state index in [1.165, 1.54) is 4.68 Å². The SMILES string of the molecule is Cc1cc(N)nc(Cn2ncc3ccccc3c2=O)n1. The molecule has 0 atom stereocenters. The van der Waals surface area contributed by atoms with Crippen LogP contribution in [0.4, 0.5) is 5.82 Å². The van der Waals surface area contributed by atoms with Crippen LogP contribution in [0.2, 0.25) is 0 Å². The number of hydrogen-bond donors (Lipinski definition) is 1. The lowest BCUT2D eigenvalue weighted by molar-refractivity contribution is 0.620. The molecule has 0 fully saturated rings. The molecule has 2 N–H and O–H groups in total. The lowest BCUT2D eigenvalue weighted by Gasteiger charge is -2.06. The quantitative estimate of drug-likeness (QED) is 0.752. The number of hydrogen-bond acceptors (Lipinski definition) is 5. The second kappa shape index (κ2) is 4.73. The molecule has 6 nitrogen and oxygen atoms in total. The molecule has 0 saturated carbocycles. The molecule has 2 heterocycles. The summed E-state index contributed by atoms with van der Waals surface area (Å²) in [4.78, 5) is 20.7. The lowest BCUT2D eigenvalue weighted by atomic mass is 10.2. The van der Waals surface area contributed by atoms with Gasteiger partial charge >= 0.3 is 0 Å². The number of aromatic nitrogens is 4. The molecule has 0 amide bonds. The molecule has 0 radical (unpaired) electrons. The number of nitrogens with two attached hydrogens (primary N) is 1. The molecule has 1 aromatic carbocycles. The zero-order valence-electron chi connectivity index (χ0n) is 10.9. The zero-order valence-corrected chi connectivity index (χ0v) is 10.9. The third-order valence-corrected chi connectivity index (χ3v) is 2.97. The fraction of sp³-hybridized carbons (Fsp3) is 0.143. The van der Waals surface area contributed by atoms with Crippen LogP contribution in [0.5, 0.6) is 0 Å². The standard InChI is InChI=1S/C14H13N5O/c1-9-6-12(15)18-13(17-9)8-19-14(20)11-5-3-2-4-10(11)7-16-19/h2-7H,8H2,1H3,(H2,15,17,18). The Morgan fingerprint density at radius 3 is 2.85 bits per heavy atom. The Kier molecular flexibility index (Phi) is 2.90. The van der Waals surface area contributed by atoms with Gasteiger partial charge in [0, 0.05) is 17.1 Å². The number of fused-ring (bicyclic) bond motifs is 1. The maximum atomic E-state index is 12.3. The van der Waals surface area contributed by atoms with Crippen LogP contribution in [0.25, 0.3) is 10.8 Å². The molecular formula is C14H13N5O. The first-order valence-electron chi connectivity index (χ1n) is 6.18. The number of nitrogens with zero attached hydrogens (tertiary/aromatic N) is 4. The molecule has 0 saturated heterocycles. The van der Waals surface area contributed by atoms with Crippen LogP contribution in [0, 0.1) is 6.92 Å². The first-order valence-corrected chi connectivity index (χ1v) is 6.18. The minimum atomic E-state index is -0.160. The Morgan fingerprint density at radius 2 is 2.05 bits per heavy atom. The zero-order chi connectivity index (χ0) is 14.1. The molecule has 3 rings (SSSR count). The van der Waals surface area contributed by atoms with Crippen molar-refractivity contribution in [2.24, 2.45) is 0 Å². The second-order valence-electron chi connectivity index (χ2n) is 4.55. The Labute approximate surface area is 114 Å². The average Bonchev–Trinajstić information content (AvgIpc) is 2.41. The summed E-state index contributed by atoms with van der Waals surface area (Å²) in [5.41, 5.74) is 6.29. The number of rotatable bonds is 2. The molecule has 6 heteroatoms. The Bertz CT molecular complexity index is 820. The monoisotopic (exact) mass is 267 g/mol. The van der Waals surface area contributed by atoms with Crippen molar-refractivity contribution in [2.75, 3.05) is 5.73 Å². The topological polar surface area (TPSA) is 86.7 Å². The van der Waals surface area contributed by atoms with Crippen molar-refractivity contribution in [3.63, 3.8) is 0 Å². The highest BCUT2D eigenvalue weighted by Gasteiger charge is 2.07. The van der Waals surface area contributed by atoms with Crippen LogP contribution in [0.1, 0.15) is 11.5 Å². The van der Waals surface area contributed by atoms with Crippen LogP contribution in [-0.2, 0) is 6.54 Å². The van der Waals surface area contributed by atoms with Gasteiger partial charge in [-0.15, -0.1) is 0 Å². The van der Waals surface area contributed by atoms with E-state index >= 15 is 0 Å². The van der Waals surface area contributed by atoms with Gasteiger partial charge in [-0.05, 0) is 13.0 Å². The minimum Gasteiger partial charge on any atom is -0.384 e. The Balaban J connectivity index is 2.07. The van der Waals surface area contributed by atoms with Crippen molar-refractivity contribution >= 4 is 16.6 Å². The van der Waals surface area contributed by atoms with Gasteiger partial charge < -0.3 is 5.73 Å². The van der Waals surface area contributed by atoms with Crippen LogP contribution in [0.15, 0.2) is 41.3 Å². The fourth-order valence-corrected chi connectivity index (χ4v) is 2.10. The van der Waals surface area contributed by atoms with Crippen LogP contribution >= 0.6 is 0 Å². The molecule has 3 aromatic rings. The third-order valence-electron chi connectivity index (χ3n) is 2.97. The van der Waals surface area contributed by atoms with E-state index in [4.69, 9.17) is 5.73 Å². The van der Waals surface area contributed by atoms with E-state index in [1.807, 2.05) is 25.1 Å². The molecule has 0 aliphatic heterocycles. The van der Waals surface area contributed by atoms with Crippen LogP contribution in [0.3, 0.4) is 0 Å². The van der Waals surface area contributed by atoms with Crippen molar-refractivity contribution < 1.29 is 0 Å². The summed E-state index contributed by atoms with van der Waals surface area (Å²) in [6, 6.07) is 9.02. The predicted molar refractivity (Wildman–Crippen MR) is 76.3 cm³/mol. The van der Waals surface area contributed by atoms with Crippen molar-refractivity contribution in [1.82, 2.24) is 19.7 Å².